The lowest BCUT2D eigenvalue weighted by atomic mass is 9.77. The van der Waals surface area contributed by atoms with Crippen LogP contribution in [0.3, 0.4) is 0 Å². The molecule has 0 spiro atoms. The van der Waals surface area contributed by atoms with Crippen LogP contribution in [0.2, 0.25) is 0 Å². The standard InChI is InChI=1S/C24H26N2O2/c1-17(27)26-16-21(20-13-14-22(25)23(15-20)28-2)24(18-9-5-3-6-10-18)19-11-7-4-8-12-19/h3-15,21,24H,16,25H2,1-2H3,(H,26,27). The van der Waals surface area contributed by atoms with Gasteiger partial charge in [-0.2, -0.15) is 0 Å². The summed E-state index contributed by atoms with van der Waals surface area (Å²) in [6.07, 6.45) is 0. The number of carbonyl (C=O) groups excluding carboxylic acids is 1. The van der Waals surface area contributed by atoms with Gasteiger partial charge in [-0.25, -0.2) is 0 Å². The summed E-state index contributed by atoms with van der Waals surface area (Å²) in [4.78, 5) is 11.7. The molecule has 1 amide bonds. The largest absolute Gasteiger partial charge is 0.495 e. The molecule has 0 fully saturated rings. The minimum atomic E-state index is -0.0488. The third kappa shape index (κ3) is 4.52. The van der Waals surface area contributed by atoms with Crippen LogP contribution in [0, 0.1) is 0 Å². The fourth-order valence-corrected chi connectivity index (χ4v) is 3.62. The van der Waals surface area contributed by atoms with Gasteiger partial charge in [-0.05, 0) is 28.8 Å². The number of nitrogens with two attached hydrogens (primary N) is 1. The highest BCUT2D eigenvalue weighted by Gasteiger charge is 2.27. The molecular weight excluding hydrogens is 348 g/mol. The summed E-state index contributed by atoms with van der Waals surface area (Å²) in [6, 6.07) is 26.6. The van der Waals surface area contributed by atoms with Crippen molar-refractivity contribution in [3.8, 4) is 5.75 Å². The molecular formula is C24H26N2O2. The molecule has 0 aromatic heterocycles. The second-order valence-electron chi connectivity index (χ2n) is 6.84. The number of nitrogens with one attached hydrogen (secondary N) is 1. The lowest BCUT2D eigenvalue weighted by Gasteiger charge is -2.29. The van der Waals surface area contributed by atoms with Crippen LogP contribution < -0.4 is 15.8 Å². The first-order chi connectivity index (χ1) is 13.6. The lowest BCUT2D eigenvalue weighted by molar-refractivity contribution is -0.119. The Morgan fingerprint density at radius 2 is 1.50 bits per heavy atom. The number of benzene rings is 3. The first-order valence-electron chi connectivity index (χ1n) is 9.38. The number of hydrogen-bond acceptors (Lipinski definition) is 3. The van der Waals surface area contributed by atoms with Gasteiger partial charge in [0.25, 0.3) is 0 Å². The Balaban J connectivity index is 2.12. The third-order valence-corrected chi connectivity index (χ3v) is 4.98. The molecule has 3 rings (SSSR count). The highest BCUT2D eigenvalue weighted by atomic mass is 16.5. The van der Waals surface area contributed by atoms with Crippen LogP contribution >= 0.6 is 0 Å². The molecule has 1 unspecified atom stereocenters. The van der Waals surface area contributed by atoms with Gasteiger partial charge in [0.05, 0.1) is 12.8 Å². The van der Waals surface area contributed by atoms with E-state index < -0.39 is 0 Å². The molecule has 144 valence electrons. The summed E-state index contributed by atoms with van der Waals surface area (Å²) in [5.41, 5.74) is 10.1. The fourth-order valence-electron chi connectivity index (χ4n) is 3.62. The highest BCUT2D eigenvalue weighted by Crippen LogP contribution is 2.40. The van der Waals surface area contributed by atoms with Crippen molar-refractivity contribution in [2.45, 2.75) is 18.8 Å². The number of methoxy groups -OCH3 is 1. The van der Waals surface area contributed by atoms with Crippen LogP contribution in [0.1, 0.15) is 35.4 Å². The monoisotopic (exact) mass is 374 g/mol. The van der Waals surface area contributed by atoms with E-state index >= 15 is 0 Å². The van der Waals surface area contributed by atoms with Crippen molar-refractivity contribution in [2.75, 3.05) is 19.4 Å². The van der Waals surface area contributed by atoms with Crippen LogP contribution in [-0.4, -0.2) is 19.6 Å². The van der Waals surface area contributed by atoms with Gasteiger partial charge < -0.3 is 15.8 Å². The Morgan fingerprint density at radius 1 is 0.929 bits per heavy atom. The molecule has 4 heteroatoms. The maximum Gasteiger partial charge on any atom is 0.216 e. The van der Waals surface area contributed by atoms with E-state index in [9.17, 15) is 4.79 Å². The maximum atomic E-state index is 11.7. The average Bonchev–Trinajstić information content (AvgIpc) is 2.73. The Kier molecular flexibility index (Phi) is 6.33. The normalized spacial score (nSPS) is 11.8. The van der Waals surface area contributed by atoms with Crippen LogP contribution in [0.25, 0.3) is 0 Å². The van der Waals surface area contributed by atoms with Crippen molar-refractivity contribution in [3.05, 3.63) is 95.6 Å². The number of hydrogen-bond donors (Lipinski definition) is 2. The number of ether oxygens (including phenoxy) is 1. The van der Waals surface area contributed by atoms with Crippen LogP contribution in [0.5, 0.6) is 5.75 Å². The predicted octanol–water partition coefficient (Wildman–Crippen LogP) is 4.33. The van der Waals surface area contributed by atoms with Crippen LogP contribution in [0.15, 0.2) is 78.9 Å². The van der Waals surface area contributed by atoms with Crippen molar-refractivity contribution in [2.24, 2.45) is 0 Å². The van der Waals surface area contributed by atoms with Gasteiger partial charge in [-0.15, -0.1) is 0 Å². The van der Waals surface area contributed by atoms with E-state index in [1.54, 1.807) is 14.0 Å². The summed E-state index contributed by atoms with van der Waals surface area (Å²) < 4.78 is 5.44. The first-order valence-corrected chi connectivity index (χ1v) is 9.38. The number of nitrogen functional groups attached to an aromatic ring is 1. The van der Waals surface area contributed by atoms with E-state index in [0.717, 1.165) is 5.56 Å². The zero-order valence-corrected chi connectivity index (χ0v) is 16.3. The number of amides is 1. The van der Waals surface area contributed by atoms with E-state index in [4.69, 9.17) is 10.5 Å². The first kappa shape index (κ1) is 19.5. The average molecular weight is 374 g/mol. The van der Waals surface area contributed by atoms with Gasteiger partial charge in [0, 0.05) is 25.3 Å². The van der Waals surface area contributed by atoms with E-state index in [1.165, 1.54) is 11.1 Å². The molecule has 3 N–H and O–H groups in total. The molecule has 0 aliphatic rings. The van der Waals surface area contributed by atoms with E-state index in [0.29, 0.717) is 18.0 Å². The van der Waals surface area contributed by atoms with Gasteiger partial charge in [0.2, 0.25) is 5.91 Å². The van der Waals surface area contributed by atoms with Gasteiger partial charge in [0.15, 0.2) is 0 Å². The Bertz CT molecular complexity index is 871. The molecule has 0 saturated heterocycles. The van der Waals surface area contributed by atoms with Crippen molar-refractivity contribution >= 4 is 11.6 Å². The molecule has 4 nitrogen and oxygen atoms in total. The summed E-state index contributed by atoms with van der Waals surface area (Å²) in [5.74, 6) is 0.684. The quantitative estimate of drug-likeness (QED) is 0.605. The topological polar surface area (TPSA) is 64.3 Å². The Labute approximate surface area is 166 Å². The van der Waals surface area contributed by atoms with Crippen LogP contribution in [-0.2, 0) is 4.79 Å². The molecule has 0 heterocycles. The Morgan fingerprint density at radius 3 is 2.00 bits per heavy atom. The number of carbonyl (C=O) groups is 1. The molecule has 1 atom stereocenters. The molecule has 3 aromatic carbocycles. The molecule has 3 aromatic rings. The molecule has 28 heavy (non-hydrogen) atoms. The highest BCUT2D eigenvalue weighted by molar-refractivity contribution is 5.73. The molecule has 0 aliphatic carbocycles. The minimum Gasteiger partial charge on any atom is -0.495 e. The second kappa shape index (κ2) is 9.09. The Hall–Kier alpha value is -3.27. The van der Waals surface area contributed by atoms with E-state index in [-0.39, 0.29) is 17.7 Å². The lowest BCUT2D eigenvalue weighted by Crippen LogP contribution is -2.29. The van der Waals surface area contributed by atoms with Crippen molar-refractivity contribution in [1.82, 2.24) is 5.32 Å². The van der Waals surface area contributed by atoms with Gasteiger partial charge in [-0.1, -0.05) is 66.7 Å². The molecule has 0 radical (unpaired) electrons. The zero-order valence-electron chi connectivity index (χ0n) is 16.3. The van der Waals surface area contributed by atoms with Crippen molar-refractivity contribution < 1.29 is 9.53 Å². The summed E-state index contributed by atoms with van der Waals surface area (Å²) in [5, 5.41) is 3.01. The van der Waals surface area contributed by atoms with Gasteiger partial charge >= 0.3 is 0 Å². The van der Waals surface area contributed by atoms with Gasteiger partial charge in [0.1, 0.15) is 5.75 Å². The number of rotatable bonds is 7. The SMILES string of the molecule is COc1cc(C(CNC(C)=O)C(c2ccccc2)c2ccccc2)ccc1N. The molecule has 0 saturated carbocycles. The zero-order chi connectivity index (χ0) is 19.9. The summed E-state index contributed by atoms with van der Waals surface area (Å²) in [7, 11) is 1.62. The van der Waals surface area contributed by atoms with Crippen molar-refractivity contribution in [1.29, 1.82) is 0 Å². The van der Waals surface area contributed by atoms with E-state index in [1.807, 2.05) is 54.6 Å². The minimum absolute atomic E-state index is 0.0169. The predicted molar refractivity (Wildman–Crippen MR) is 114 cm³/mol. The maximum absolute atomic E-state index is 11.7. The summed E-state index contributed by atoms with van der Waals surface area (Å²) >= 11 is 0. The second-order valence-corrected chi connectivity index (χ2v) is 6.84. The molecule has 0 aliphatic heterocycles. The van der Waals surface area contributed by atoms with E-state index in [2.05, 4.69) is 29.6 Å². The fraction of sp³-hybridized carbons (Fsp3) is 0.208. The smallest absolute Gasteiger partial charge is 0.216 e. The van der Waals surface area contributed by atoms with Gasteiger partial charge in [-0.3, -0.25) is 4.79 Å². The molecule has 0 bridgehead atoms. The summed E-state index contributed by atoms with van der Waals surface area (Å²) in [6.45, 7) is 2.05. The van der Waals surface area contributed by atoms with Crippen molar-refractivity contribution in [3.63, 3.8) is 0 Å². The number of anilines is 1. The third-order valence-electron chi connectivity index (χ3n) is 4.98. The van der Waals surface area contributed by atoms with Crippen LogP contribution in [0.4, 0.5) is 5.69 Å².